The first-order valence-corrected chi connectivity index (χ1v) is 9.58. The molecule has 0 spiro atoms. The fraction of sp³-hybridized carbons (Fsp3) is 0.526. The monoisotopic (exact) mass is 412 g/mol. The molecule has 29 heavy (non-hydrogen) atoms. The fourth-order valence-electron chi connectivity index (χ4n) is 4.08. The van der Waals surface area contributed by atoms with Gasteiger partial charge in [-0.3, -0.25) is 9.36 Å². The summed E-state index contributed by atoms with van der Waals surface area (Å²) in [5.74, 6) is -1.01. The number of halogens is 4. The molecule has 2 aromatic rings. The van der Waals surface area contributed by atoms with Crippen molar-refractivity contribution in [1.29, 1.82) is 0 Å². The van der Waals surface area contributed by atoms with E-state index in [2.05, 4.69) is 5.10 Å². The van der Waals surface area contributed by atoms with Gasteiger partial charge in [-0.2, -0.15) is 18.3 Å². The van der Waals surface area contributed by atoms with E-state index in [9.17, 15) is 27.2 Å². The number of nitrogens with zero attached hydrogens (tertiary/aromatic N) is 4. The van der Waals surface area contributed by atoms with Gasteiger partial charge in [0.1, 0.15) is 17.7 Å². The molecule has 10 heteroatoms. The molecule has 2 aliphatic heterocycles. The number of hydrogen-bond acceptors (Lipinski definition) is 3. The molecule has 0 saturated carbocycles. The molecule has 1 fully saturated rings. The van der Waals surface area contributed by atoms with Crippen molar-refractivity contribution in [2.24, 2.45) is 0 Å². The number of hydrogen-bond donors (Lipinski definition) is 0. The summed E-state index contributed by atoms with van der Waals surface area (Å²) in [5, 5.41) is 4.26. The highest BCUT2D eigenvalue weighted by Gasteiger charge is 2.35. The van der Waals surface area contributed by atoms with Crippen LogP contribution < -0.4 is 5.69 Å². The molecule has 0 bridgehead atoms. The largest absolute Gasteiger partial charge is 0.419 e. The van der Waals surface area contributed by atoms with Gasteiger partial charge >= 0.3 is 11.9 Å². The molecule has 1 amide bonds. The molecule has 1 atom stereocenters. The van der Waals surface area contributed by atoms with E-state index >= 15 is 0 Å². The van der Waals surface area contributed by atoms with Gasteiger partial charge in [-0.25, -0.2) is 13.9 Å². The van der Waals surface area contributed by atoms with Crippen LogP contribution in [0, 0.1) is 5.82 Å². The lowest BCUT2D eigenvalue weighted by Crippen LogP contribution is -2.41. The Morgan fingerprint density at radius 1 is 1.17 bits per heavy atom. The summed E-state index contributed by atoms with van der Waals surface area (Å²) in [4.78, 5) is 27.5. The molecule has 1 aromatic heterocycles. The molecule has 0 unspecified atom stereocenters. The van der Waals surface area contributed by atoms with Crippen LogP contribution in [0.25, 0.3) is 0 Å². The van der Waals surface area contributed by atoms with Crippen molar-refractivity contribution in [3.8, 4) is 0 Å². The number of alkyl halides is 3. The molecule has 4 rings (SSSR count). The van der Waals surface area contributed by atoms with Crippen molar-refractivity contribution in [3.05, 3.63) is 51.5 Å². The zero-order valence-corrected chi connectivity index (χ0v) is 15.6. The molecule has 0 radical (unpaired) electrons. The summed E-state index contributed by atoms with van der Waals surface area (Å²) in [5.41, 5.74) is -1.66. The molecular formula is C19H20F4N4O2. The van der Waals surface area contributed by atoms with Crippen LogP contribution in [0.15, 0.2) is 23.0 Å². The van der Waals surface area contributed by atoms with E-state index in [1.165, 1.54) is 4.57 Å². The molecule has 3 heterocycles. The number of fused-ring (bicyclic) bond motifs is 1. The number of benzene rings is 1. The van der Waals surface area contributed by atoms with Gasteiger partial charge in [-0.15, -0.1) is 0 Å². The first kappa shape index (κ1) is 19.7. The van der Waals surface area contributed by atoms with Crippen molar-refractivity contribution in [2.45, 2.75) is 50.9 Å². The lowest BCUT2D eigenvalue weighted by atomic mass is 10.0. The van der Waals surface area contributed by atoms with Crippen LogP contribution in [-0.2, 0) is 23.9 Å². The molecule has 0 N–H and O–H groups in total. The van der Waals surface area contributed by atoms with E-state index in [-0.39, 0.29) is 18.0 Å². The van der Waals surface area contributed by atoms with Crippen LogP contribution in [0.4, 0.5) is 17.6 Å². The predicted octanol–water partition coefficient (Wildman–Crippen LogP) is 2.75. The number of carbonyl (C=O) groups is 1. The van der Waals surface area contributed by atoms with Gasteiger partial charge in [0, 0.05) is 19.5 Å². The maximum Gasteiger partial charge on any atom is 0.419 e. The van der Waals surface area contributed by atoms with Crippen LogP contribution in [0.5, 0.6) is 0 Å². The van der Waals surface area contributed by atoms with E-state index in [1.54, 1.807) is 4.90 Å². The second-order valence-corrected chi connectivity index (χ2v) is 7.48. The van der Waals surface area contributed by atoms with E-state index in [0.29, 0.717) is 37.8 Å². The van der Waals surface area contributed by atoms with Gasteiger partial charge in [-0.05, 0) is 43.4 Å². The molecular weight excluding hydrogens is 392 g/mol. The second-order valence-electron chi connectivity index (χ2n) is 7.48. The van der Waals surface area contributed by atoms with Crippen molar-refractivity contribution in [2.75, 3.05) is 13.1 Å². The highest BCUT2D eigenvalue weighted by molar-refractivity contribution is 5.80. The third kappa shape index (κ3) is 3.67. The van der Waals surface area contributed by atoms with E-state index in [0.717, 1.165) is 36.1 Å². The minimum absolute atomic E-state index is 0.0920. The predicted molar refractivity (Wildman–Crippen MR) is 94.8 cm³/mol. The average molecular weight is 412 g/mol. The quantitative estimate of drug-likeness (QED) is 0.729. The third-order valence-corrected chi connectivity index (χ3v) is 5.50. The van der Waals surface area contributed by atoms with Crippen molar-refractivity contribution >= 4 is 5.91 Å². The number of carbonyl (C=O) groups excluding carboxylic acids is 1. The highest BCUT2D eigenvalue weighted by Crippen LogP contribution is 2.31. The van der Waals surface area contributed by atoms with E-state index in [1.807, 2.05) is 0 Å². The van der Waals surface area contributed by atoms with Crippen LogP contribution in [0.3, 0.4) is 0 Å². The van der Waals surface area contributed by atoms with Crippen molar-refractivity contribution in [1.82, 2.24) is 19.2 Å². The number of aromatic nitrogens is 3. The summed E-state index contributed by atoms with van der Waals surface area (Å²) in [6, 6.07) is 1.94. The Morgan fingerprint density at radius 2 is 1.90 bits per heavy atom. The Balaban J connectivity index is 1.62. The van der Waals surface area contributed by atoms with Gasteiger partial charge in [0.15, 0.2) is 0 Å². The Hall–Kier alpha value is -2.65. The zero-order valence-electron chi connectivity index (χ0n) is 15.6. The normalized spacial score (nSPS) is 19.4. The summed E-state index contributed by atoms with van der Waals surface area (Å²) in [7, 11) is 0. The molecule has 1 saturated heterocycles. The van der Waals surface area contributed by atoms with Crippen LogP contribution in [-0.4, -0.2) is 38.2 Å². The van der Waals surface area contributed by atoms with Crippen LogP contribution in [0.1, 0.15) is 48.7 Å². The number of rotatable bonds is 3. The minimum Gasteiger partial charge on any atom is -0.341 e. The number of amides is 1. The van der Waals surface area contributed by atoms with Gasteiger partial charge in [0.2, 0.25) is 5.91 Å². The standard InChI is InChI=1S/C19H20F4N4O2/c20-14-10-12(6-7-13(14)19(21,22)23)11-26-18(29)27-15(4-3-5-16(27)24-26)17(28)25-8-1-2-9-25/h6-7,10,15H,1-5,8-9,11H2/t15-/m1/s1. The minimum atomic E-state index is -4.78. The summed E-state index contributed by atoms with van der Waals surface area (Å²) in [6.07, 6.45) is -1.10. The van der Waals surface area contributed by atoms with Crippen LogP contribution in [0.2, 0.25) is 0 Å². The SMILES string of the molecule is O=C([C@H]1CCCc2nn(Cc3ccc(C(F)(F)F)c(F)c3)c(=O)n21)N1CCCC1. The summed E-state index contributed by atoms with van der Waals surface area (Å²) >= 11 is 0. The number of likely N-dealkylation sites (tertiary alicyclic amines) is 1. The van der Waals surface area contributed by atoms with Gasteiger partial charge in [-0.1, -0.05) is 6.07 Å². The van der Waals surface area contributed by atoms with Gasteiger partial charge < -0.3 is 4.90 Å². The molecule has 156 valence electrons. The highest BCUT2D eigenvalue weighted by atomic mass is 19.4. The molecule has 2 aliphatic rings. The maximum atomic E-state index is 13.8. The molecule has 0 aliphatic carbocycles. The summed E-state index contributed by atoms with van der Waals surface area (Å²) in [6.45, 7) is 1.19. The smallest absolute Gasteiger partial charge is 0.341 e. The topological polar surface area (TPSA) is 60.1 Å². The Kier molecular flexibility index (Phi) is 4.95. The van der Waals surface area contributed by atoms with Gasteiger partial charge in [0.05, 0.1) is 12.1 Å². The Morgan fingerprint density at radius 3 is 2.55 bits per heavy atom. The molecule has 1 aromatic carbocycles. The van der Waals surface area contributed by atoms with Gasteiger partial charge in [0.25, 0.3) is 0 Å². The summed E-state index contributed by atoms with van der Waals surface area (Å²) < 4.78 is 54.5. The first-order valence-electron chi connectivity index (χ1n) is 9.58. The lowest BCUT2D eigenvalue weighted by Gasteiger charge is -2.27. The van der Waals surface area contributed by atoms with E-state index < -0.39 is 29.3 Å². The van der Waals surface area contributed by atoms with Crippen molar-refractivity contribution in [3.63, 3.8) is 0 Å². The van der Waals surface area contributed by atoms with Crippen molar-refractivity contribution < 1.29 is 22.4 Å². The Bertz CT molecular complexity index is 989. The van der Waals surface area contributed by atoms with E-state index in [4.69, 9.17) is 0 Å². The number of aryl methyl sites for hydroxylation is 1. The second kappa shape index (κ2) is 7.31. The molecule has 6 nitrogen and oxygen atoms in total. The maximum absolute atomic E-state index is 13.8. The average Bonchev–Trinajstić information content (AvgIpc) is 3.29. The lowest BCUT2D eigenvalue weighted by molar-refractivity contribution is -0.140. The third-order valence-electron chi connectivity index (χ3n) is 5.50. The fourth-order valence-corrected chi connectivity index (χ4v) is 4.08. The van der Waals surface area contributed by atoms with Crippen LogP contribution >= 0.6 is 0 Å². The zero-order chi connectivity index (χ0) is 20.8. The first-order chi connectivity index (χ1) is 13.8. The Labute approximate surface area is 163 Å².